The molecule has 2 aromatic heterocycles. The molecular formula is C18H20N4O3. The molecule has 0 radical (unpaired) electrons. The number of nitrogens with zero attached hydrogens (tertiary/aromatic N) is 2. The maximum absolute atomic E-state index is 5.52. The lowest BCUT2D eigenvalue weighted by Crippen LogP contribution is -2.06. The minimum absolute atomic E-state index is 0.443. The number of methoxy groups -OCH3 is 1. The van der Waals surface area contributed by atoms with Gasteiger partial charge in [-0.25, -0.2) is 0 Å². The van der Waals surface area contributed by atoms with Crippen LogP contribution >= 0.6 is 0 Å². The van der Waals surface area contributed by atoms with Crippen LogP contribution in [-0.2, 0) is 6.54 Å². The molecule has 2 N–H and O–H groups in total. The zero-order valence-electron chi connectivity index (χ0n) is 14.2. The quantitative estimate of drug-likeness (QED) is 0.645. The Hall–Kier alpha value is -3.22. The smallest absolute Gasteiger partial charge is 0.232 e. The van der Waals surface area contributed by atoms with E-state index in [1.54, 1.807) is 19.4 Å². The van der Waals surface area contributed by atoms with Crippen LogP contribution in [0.1, 0.15) is 12.7 Å². The number of hydrogen-bond acceptors (Lipinski definition) is 7. The van der Waals surface area contributed by atoms with E-state index < -0.39 is 0 Å². The molecule has 2 heterocycles. The largest absolute Gasteiger partial charge is 0.497 e. The first kappa shape index (κ1) is 16.6. The average molecular weight is 340 g/mol. The van der Waals surface area contributed by atoms with Gasteiger partial charge in [0.25, 0.3) is 0 Å². The number of ether oxygens (including phenoxy) is 2. The van der Waals surface area contributed by atoms with Gasteiger partial charge in [0.15, 0.2) is 0 Å². The van der Waals surface area contributed by atoms with Crippen LogP contribution in [0, 0.1) is 0 Å². The van der Waals surface area contributed by atoms with Crippen molar-refractivity contribution in [1.82, 2.24) is 9.97 Å². The normalized spacial score (nSPS) is 10.3. The third kappa shape index (κ3) is 4.63. The van der Waals surface area contributed by atoms with Gasteiger partial charge in [0.05, 0.1) is 26.5 Å². The minimum atomic E-state index is 0.443. The van der Waals surface area contributed by atoms with Crippen molar-refractivity contribution in [2.24, 2.45) is 0 Å². The minimum Gasteiger partial charge on any atom is -0.497 e. The van der Waals surface area contributed by atoms with Crippen molar-refractivity contribution in [3.63, 3.8) is 0 Å². The molecule has 0 unspecified atom stereocenters. The van der Waals surface area contributed by atoms with E-state index in [0.717, 1.165) is 17.2 Å². The molecule has 3 aromatic rings. The first-order valence-electron chi connectivity index (χ1n) is 7.96. The highest BCUT2D eigenvalue weighted by molar-refractivity contribution is 5.57. The Morgan fingerprint density at radius 3 is 2.64 bits per heavy atom. The van der Waals surface area contributed by atoms with Gasteiger partial charge < -0.3 is 24.5 Å². The van der Waals surface area contributed by atoms with Crippen LogP contribution in [0.3, 0.4) is 0 Å². The van der Waals surface area contributed by atoms with Gasteiger partial charge in [-0.1, -0.05) is 0 Å². The molecule has 0 atom stereocenters. The fourth-order valence-electron chi connectivity index (χ4n) is 2.19. The molecule has 0 aliphatic carbocycles. The van der Waals surface area contributed by atoms with E-state index in [1.807, 2.05) is 43.3 Å². The monoisotopic (exact) mass is 340 g/mol. The van der Waals surface area contributed by atoms with Gasteiger partial charge >= 0.3 is 0 Å². The second-order valence-electron chi connectivity index (χ2n) is 5.13. The van der Waals surface area contributed by atoms with Gasteiger partial charge in [0.2, 0.25) is 11.8 Å². The summed E-state index contributed by atoms with van der Waals surface area (Å²) in [5.41, 5.74) is 0.853. The molecule has 25 heavy (non-hydrogen) atoms. The second kappa shape index (κ2) is 8.05. The number of rotatable bonds is 8. The van der Waals surface area contributed by atoms with E-state index >= 15 is 0 Å². The number of furan rings is 1. The highest BCUT2D eigenvalue weighted by atomic mass is 16.5. The molecule has 0 amide bonds. The van der Waals surface area contributed by atoms with Crippen LogP contribution < -0.4 is 20.1 Å². The molecule has 0 spiro atoms. The van der Waals surface area contributed by atoms with Gasteiger partial charge in [-0.15, -0.1) is 0 Å². The van der Waals surface area contributed by atoms with Gasteiger partial charge in [-0.05, 0) is 43.3 Å². The number of aromatic nitrogens is 2. The van der Waals surface area contributed by atoms with Gasteiger partial charge in [0.1, 0.15) is 17.3 Å². The van der Waals surface area contributed by atoms with Crippen molar-refractivity contribution in [2.45, 2.75) is 13.5 Å². The van der Waals surface area contributed by atoms with E-state index in [-0.39, 0.29) is 0 Å². The maximum atomic E-state index is 5.52. The Labute approximate surface area is 146 Å². The van der Waals surface area contributed by atoms with Crippen molar-refractivity contribution < 1.29 is 13.9 Å². The molecule has 0 saturated heterocycles. The Kier molecular flexibility index (Phi) is 5.36. The lowest BCUT2D eigenvalue weighted by Gasteiger charge is -2.11. The van der Waals surface area contributed by atoms with E-state index in [2.05, 4.69) is 20.6 Å². The third-order valence-corrected chi connectivity index (χ3v) is 3.36. The third-order valence-electron chi connectivity index (χ3n) is 3.36. The van der Waals surface area contributed by atoms with Crippen molar-refractivity contribution in [1.29, 1.82) is 0 Å². The zero-order chi connectivity index (χ0) is 17.5. The molecule has 1 aromatic carbocycles. The fourth-order valence-corrected chi connectivity index (χ4v) is 2.19. The summed E-state index contributed by atoms with van der Waals surface area (Å²) in [5.74, 6) is 3.19. The lowest BCUT2D eigenvalue weighted by atomic mass is 10.3. The van der Waals surface area contributed by atoms with Gasteiger partial charge in [-0.2, -0.15) is 9.97 Å². The highest BCUT2D eigenvalue weighted by Gasteiger charge is 2.07. The van der Waals surface area contributed by atoms with Crippen molar-refractivity contribution in [3.05, 3.63) is 54.5 Å². The molecule has 0 aliphatic heterocycles. The number of benzene rings is 1. The van der Waals surface area contributed by atoms with Crippen LogP contribution in [0.5, 0.6) is 11.6 Å². The molecular weight excluding hydrogens is 320 g/mol. The molecule has 0 bridgehead atoms. The summed E-state index contributed by atoms with van der Waals surface area (Å²) >= 11 is 0. The fraction of sp³-hybridized carbons (Fsp3) is 0.222. The lowest BCUT2D eigenvalue weighted by molar-refractivity contribution is 0.327. The van der Waals surface area contributed by atoms with Crippen molar-refractivity contribution in [2.75, 3.05) is 24.4 Å². The molecule has 0 saturated carbocycles. The van der Waals surface area contributed by atoms with Crippen molar-refractivity contribution in [3.8, 4) is 11.6 Å². The summed E-state index contributed by atoms with van der Waals surface area (Å²) in [6.45, 7) is 2.96. The topological polar surface area (TPSA) is 81.4 Å². The van der Waals surface area contributed by atoms with Crippen molar-refractivity contribution >= 4 is 17.5 Å². The van der Waals surface area contributed by atoms with E-state index in [0.29, 0.717) is 30.8 Å². The Morgan fingerprint density at radius 2 is 1.96 bits per heavy atom. The number of nitrogens with one attached hydrogen (secondary N) is 2. The predicted molar refractivity (Wildman–Crippen MR) is 95.5 cm³/mol. The number of hydrogen-bond donors (Lipinski definition) is 2. The standard InChI is InChI=1S/C18H20N4O3/c1-3-24-17-11-16(19-12-15-5-4-10-25-15)21-18(22-17)20-13-6-8-14(23-2)9-7-13/h4-11H,3,12H2,1-2H3,(H2,19,20,21,22). The highest BCUT2D eigenvalue weighted by Crippen LogP contribution is 2.22. The first-order valence-corrected chi connectivity index (χ1v) is 7.96. The zero-order valence-corrected chi connectivity index (χ0v) is 14.2. The van der Waals surface area contributed by atoms with Crippen LogP contribution in [0.15, 0.2) is 53.1 Å². The number of anilines is 3. The summed E-state index contributed by atoms with van der Waals surface area (Å²) in [4.78, 5) is 8.83. The summed E-state index contributed by atoms with van der Waals surface area (Å²) in [6.07, 6.45) is 1.64. The summed E-state index contributed by atoms with van der Waals surface area (Å²) in [6, 6.07) is 13.0. The second-order valence-corrected chi connectivity index (χ2v) is 5.13. The maximum Gasteiger partial charge on any atom is 0.232 e. The molecule has 130 valence electrons. The van der Waals surface area contributed by atoms with Crippen LogP contribution in [-0.4, -0.2) is 23.7 Å². The molecule has 0 fully saturated rings. The first-order chi connectivity index (χ1) is 12.3. The van der Waals surface area contributed by atoms with Crippen LogP contribution in [0.2, 0.25) is 0 Å². The van der Waals surface area contributed by atoms with Gasteiger partial charge in [-0.3, -0.25) is 0 Å². The Bertz CT molecular complexity index is 789. The molecule has 3 rings (SSSR count). The predicted octanol–water partition coefficient (Wildman–Crippen LogP) is 3.83. The van der Waals surface area contributed by atoms with E-state index in [9.17, 15) is 0 Å². The Balaban J connectivity index is 1.76. The Morgan fingerprint density at radius 1 is 1.12 bits per heavy atom. The van der Waals surface area contributed by atoms with E-state index in [1.165, 1.54) is 0 Å². The molecule has 7 nitrogen and oxygen atoms in total. The van der Waals surface area contributed by atoms with Crippen LogP contribution in [0.4, 0.5) is 17.5 Å². The SMILES string of the molecule is CCOc1cc(NCc2ccco2)nc(Nc2ccc(OC)cc2)n1. The molecule has 0 aliphatic rings. The summed E-state index contributed by atoms with van der Waals surface area (Å²) in [5, 5.41) is 6.37. The summed E-state index contributed by atoms with van der Waals surface area (Å²) in [7, 11) is 1.63. The molecule has 7 heteroatoms. The van der Waals surface area contributed by atoms with E-state index in [4.69, 9.17) is 13.9 Å². The van der Waals surface area contributed by atoms with Crippen LogP contribution in [0.25, 0.3) is 0 Å². The average Bonchev–Trinajstić information content (AvgIpc) is 3.14. The van der Waals surface area contributed by atoms with Gasteiger partial charge in [0, 0.05) is 11.8 Å². The summed E-state index contributed by atoms with van der Waals surface area (Å²) < 4.78 is 16.0.